The Balaban J connectivity index is 1.25. The fourth-order valence-electron chi connectivity index (χ4n) is 4.37. The van der Waals surface area contributed by atoms with E-state index >= 15 is 0 Å². The maximum absolute atomic E-state index is 13.0. The van der Waals surface area contributed by atoms with Gasteiger partial charge in [-0.05, 0) is 86.2 Å². The molecule has 34 heavy (non-hydrogen) atoms. The summed E-state index contributed by atoms with van der Waals surface area (Å²) in [6.45, 7) is 8.33. The van der Waals surface area contributed by atoms with Crippen LogP contribution in [-0.4, -0.2) is 10.9 Å². The average Bonchev–Trinajstić information content (AvgIpc) is 3.64. The molecular weight excluding hydrogens is 418 g/mol. The van der Waals surface area contributed by atoms with Gasteiger partial charge in [-0.1, -0.05) is 48.5 Å². The lowest BCUT2D eigenvalue weighted by atomic mass is 9.99. The van der Waals surface area contributed by atoms with Crippen LogP contribution >= 0.6 is 0 Å². The van der Waals surface area contributed by atoms with Crippen molar-refractivity contribution in [1.29, 1.82) is 0 Å². The standard InChI is InChI=1S/C30H29N3O/c1-20-4-9-26(10-5-20)33-29(34)30(15-16-30)22(3)32-25-11-7-23(8-12-25)19-24-14-17-31-28-18-21(2)6-13-27(24)28/h4-14,17-18,32H,3,15-16,19H2,1-2H3,(H,33,34). The zero-order valence-corrected chi connectivity index (χ0v) is 19.7. The highest BCUT2D eigenvalue weighted by Crippen LogP contribution is 2.52. The SMILES string of the molecule is C=C(Nc1ccc(Cc2ccnc3cc(C)ccc23)cc1)C1(C(=O)Nc2ccc(C)cc2)CC1. The van der Waals surface area contributed by atoms with Crippen molar-refractivity contribution in [1.82, 2.24) is 4.98 Å². The molecule has 0 radical (unpaired) electrons. The predicted molar refractivity (Wildman–Crippen MR) is 140 cm³/mol. The number of aryl methyl sites for hydroxylation is 2. The van der Waals surface area contributed by atoms with Crippen molar-refractivity contribution in [2.75, 3.05) is 10.6 Å². The summed E-state index contributed by atoms with van der Waals surface area (Å²) in [5.74, 6) is 0.00488. The van der Waals surface area contributed by atoms with Crippen LogP contribution in [0.1, 0.15) is 35.1 Å². The van der Waals surface area contributed by atoms with Gasteiger partial charge in [0.25, 0.3) is 0 Å². The fraction of sp³-hybridized carbons (Fsp3) is 0.200. The fourth-order valence-corrected chi connectivity index (χ4v) is 4.37. The van der Waals surface area contributed by atoms with E-state index < -0.39 is 5.41 Å². The Bertz CT molecular complexity index is 1370. The number of pyridine rings is 1. The van der Waals surface area contributed by atoms with Crippen molar-refractivity contribution in [3.63, 3.8) is 0 Å². The zero-order valence-electron chi connectivity index (χ0n) is 19.7. The molecule has 0 unspecified atom stereocenters. The molecule has 1 amide bonds. The normalized spacial score (nSPS) is 13.9. The molecule has 1 aliphatic carbocycles. The second-order valence-electron chi connectivity index (χ2n) is 9.37. The summed E-state index contributed by atoms with van der Waals surface area (Å²) < 4.78 is 0. The van der Waals surface area contributed by atoms with Gasteiger partial charge in [-0.25, -0.2) is 0 Å². The molecule has 1 fully saturated rings. The van der Waals surface area contributed by atoms with Crippen LogP contribution in [0.5, 0.6) is 0 Å². The summed E-state index contributed by atoms with van der Waals surface area (Å²) in [7, 11) is 0. The van der Waals surface area contributed by atoms with Crippen LogP contribution < -0.4 is 10.6 Å². The van der Waals surface area contributed by atoms with Gasteiger partial charge in [0.05, 0.1) is 10.9 Å². The molecule has 4 aromatic rings. The van der Waals surface area contributed by atoms with Crippen molar-refractivity contribution in [2.45, 2.75) is 33.1 Å². The molecule has 5 rings (SSSR count). The van der Waals surface area contributed by atoms with E-state index in [1.807, 2.05) is 37.4 Å². The van der Waals surface area contributed by atoms with E-state index in [0.717, 1.165) is 41.9 Å². The first kappa shape index (κ1) is 21.9. The van der Waals surface area contributed by atoms with E-state index in [0.29, 0.717) is 0 Å². The largest absolute Gasteiger partial charge is 0.358 e. The average molecular weight is 448 g/mol. The first-order valence-electron chi connectivity index (χ1n) is 11.7. The summed E-state index contributed by atoms with van der Waals surface area (Å²) >= 11 is 0. The van der Waals surface area contributed by atoms with Crippen LogP contribution in [0.4, 0.5) is 11.4 Å². The Labute approximate surface area is 200 Å². The molecule has 0 bridgehead atoms. The van der Waals surface area contributed by atoms with Crippen molar-refractivity contribution in [2.24, 2.45) is 5.41 Å². The highest BCUT2D eigenvalue weighted by Gasteiger charge is 2.52. The smallest absolute Gasteiger partial charge is 0.236 e. The summed E-state index contributed by atoms with van der Waals surface area (Å²) in [6, 6.07) is 24.7. The number of nitrogens with one attached hydrogen (secondary N) is 2. The molecule has 170 valence electrons. The van der Waals surface area contributed by atoms with E-state index in [-0.39, 0.29) is 5.91 Å². The molecule has 1 saturated carbocycles. The molecule has 3 aromatic carbocycles. The highest BCUT2D eigenvalue weighted by molar-refractivity contribution is 5.99. The maximum Gasteiger partial charge on any atom is 0.236 e. The van der Waals surface area contributed by atoms with Crippen LogP contribution in [0.25, 0.3) is 10.9 Å². The van der Waals surface area contributed by atoms with Gasteiger partial charge in [-0.3, -0.25) is 9.78 Å². The number of rotatable bonds is 7. The minimum atomic E-state index is -0.544. The summed E-state index contributed by atoms with van der Waals surface area (Å²) in [5, 5.41) is 7.62. The van der Waals surface area contributed by atoms with Gasteiger partial charge in [-0.2, -0.15) is 0 Å². The minimum Gasteiger partial charge on any atom is -0.358 e. The van der Waals surface area contributed by atoms with Gasteiger partial charge in [0, 0.05) is 28.7 Å². The van der Waals surface area contributed by atoms with E-state index in [1.165, 1.54) is 27.6 Å². The number of aromatic nitrogens is 1. The van der Waals surface area contributed by atoms with Gasteiger partial charge in [-0.15, -0.1) is 0 Å². The van der Waals surface area contributed by atoms with Gasteiger partial charge in [0.15, 0.2) is 0 Å². The van der Waals surface area contributed by atoms with Gasteiger partial charge >= 0.3 is 0 Å². The van der Waals surface area contributed by atoms with E-state index in [2.05, 4.69) is 77.7 Å². The Morgan fingerprint density at radius 3 is 2.24 bits per heavy atom. The molecule has 1 aliphatic rings. The summed E-state index contributed by atoms with van der Waals surface area (Å²) in [4.78, 5) is 17.5. The Morgan fingerprint density at radius 1 is 0.882 bits per heavy atom. The van der Waals surface area contributed by atoms with Crippen molar-refractivity contribution < 1.29 is 4.79 Å². The lowest BCUT2D eigenvalue weighted by Crippen LogP contribution is -2.28. The lowest BCUT2D eigenvalue weighted by Gasteiger charge is -2.20. The Hall–Kier alpha value is -3.92. The minimum absolute atomic E-state index is 0.00488. The molecular formula is C30H29N3O. The Morgan fingerprint density at radius 2 is 1.53 bits per heavy atom. The molecule has 1 heterocycles. The predicted octanol–water partition coefficient (Wildman–Crippen LogP) is 6.79. The lowest BCUT2D eigenvalue weighted by molar-refractivity contribution is -0.119. The van der Waals surface area contributed by atoms with Crippen LogP contribution in [0.3, 0.4) is 0 Å². The van der Waals surface area contributed by atoms with E-state index in [4.69, 9.17) is 0 Å². The number of carbonyl (C=O) groups excluding carboxylic acids is 1. The molecule has 4 heteroatoms. The third-order valence-electron chi connectivity index (χ3n) is 6.70. The van der Waals surface area contributed by atoms with E-state index in [1.54, 1.807) is 0 Å². The monoisotopic (exact) mass is 447 g/mol. The number of carbonyl (C=O) groups is 1. The second-order valence-corrected chi connectivity index (χ2v) is 9.37. The quantitative estimate of drug-likeness (QED) is 0.328. The second kappa shape index (κ2) is 8.79. The number of hydrogen-bond donors (Lipinski definition) is 2. The van der Waals surface area contributed by atoms with Crippen molar-refractivity contribution >= 4 is 28.2 Å². The molecule has 1 aromatic heterocycles. The molecule has 0 aliphatic heterocycles. The topological polar surface area (TPSA) is 54.0 Å². The highest BCUT2D eigenvalue weighted by atomic mass is 16.2. The van der Waals surface area contributed by atoms with Gasteiger partial charge in [0.1, 0.15) is 0 Å². The number of benzene rings is 3. The Kier molecular flexibility index (Phi) is 5.66. The van der Waals surface area contributed by atoms with Crippen LogP contribution in [0, 0.1) is 19.3 Å². The first-order chi connectivity index (χ1) is 16.4. The van der Waals surface area contributed by atoms with Crippen molar-refractivity contribution in [3.05, 3.63) is 114 Å². The number of nitrogens with zero attached hydrogens (tertiary/aromatic N) is 1. The van der Waals surface area contributed by atoms with Crippen molar-refractivity contribution in [3.8, 4) is 0 Å². The van der Waals surface area contributed by atoms with Crippen LogP contribution in [0.2, 0.25) is 0 Å². The summed E-state index contributed by atoms with van der Waals surface area (Å²) in [6.07, 6.45) is 4.34. The third kappa shape index (κ3) is 4.44. The van der Waals surface area contributed by atoms with Gasteiger partial charge in [0.2, 0.25) is 5.91 Å². The van der Waals surface area contributed by atoms with Crippen LogP contribution in [0.15, 0.2) is 91.3 Å². The van der Waals surface area contributed by atoms with Crippen LogP contribution in [-0.2, 0) is 11.2 Å². The molecule has 0 saturated heterocycles. The third-order valence-corrected chi connectivity index (χ3v) is 6.70. The first-order valence-corrected chi connectivity index (χ1v) is 11.7. The van der Waals surface area contributed by atoms with Gasteiger partial charge < -0.3 is 10.6 Å². The zero-order chi connectivity index (χ0) is 23.7. The molecule has 4 nitrogen and oxygen atoms in total. The number of amides is 1. The molecule has 0 atom stereocenters. The maximum atomic E-state index is 13.0. The number of anilines is 2. The summed E-state index contributed by atoms with van der Waals surface area (Å²) in [5.41, 5.74) is 7.87. The number of hydrogen-bond acceptors (Lipinski definition) is 3. The number of fused-ring (bicyclic) bond motifs is 1. The van der Waals surface area contributed by atoms with E-state index in [9.17, 15) is 4.79 Å². The molecule has 0 spiro atoms. The molecule has 2 N–H and O–H groups in total.